The molecule has 0 unspecified atom stereocenters. The van der Waals surface area contributed by atoms with Crippen LogP contribution >= 0.6 is 0 Å². The summed E-state index contributed by atoms with van der Waals surface area (Å²) in [5, 5.41) is 2.79. The first-order valence-corrected chi connectivity index (χ1v) is 7.24. The second-order valence-corrected chi connectivity index (χ2v) is 5.17. The summed E-state index contributed by atoms with van der Waals surface area (Å²) in [6, 6.07) is 13.0. The van der Waals surface area contributed by atoms with E-state index in [4.69, 9.17) is 4.74 Å². The van der Waals surface area contributed by atoms with Gasteiger partial charge in [-0.1, -0.05) is 18.2 Å². The predicted molar refractivity (Wildman–Crippen MR) is 84.5 cm³/mol. The molecule has 0 spiro atoms. The Morgan fingerprint density at radius 1 is 1.30 bits per heavy atom. The van der Waals surface area contributed by atoms with E-state index in [2.05, 4.69) is 15.3 Å². The van der Waals surface area contributed by atoms with Crippen molar-refractivity contribution >= 4 is 16.9 Å². The maximum absolute atomic E-state index is 13.0. The molecule has 1 aromatic heterocycles. The molecule has 23 heavy (non-hydrogen) atoms. The number of nitrogens with zero attached hydrogens (tertiary/aromatic N) is 1. The van der Waals surface area contributed by atoms with Gasteiger partial charge in [0.05, 0.1) is 17.1 Å². The molecule has 1 atom stereocenters. The van der Waals surface area contributed by atoms with Crippen LogP contribution in [-0.2, 0) is 4.79 Å². The number of carbonyl (C=O) groups is 1. The summed E-state index contributed by atoms with van der Waals surface area (Å²) in [5.41, 5.74) is 1.76. The lowest BCUT2D eigenvalue weighted by atomic mass is 10.3. The van der Waals surface area contributed by atoms with Gasteiger partial charge in [0, 0.05) is 6.07 Å². The quantitative estimate of drug-likeness (QED) is 0.761. The van der Waals surface area contributed by atoms with E-state index in [-0.39, 0.29) is 18.6 Å². The van der Waals surface area contributed by atoms with Crippen LogP contribution in [0, 0.1) is 5.82 Å². The molecule has 118 valence electrons. The fourth-order valence-corrected chi connectivity index (χ4v) is 2.23. The molecule has 0 saturated heterocycles. The van der Waals surface area contributed by atoms with E-state index in [1.165, 1.54) is 18.2 Å². The molecular weight excluding hydrogens is 297 g/mol. The number of rotatable bonds is 5. The van der Waals surface area contributed by atoms with Crippen LogP contribution in [0.25, 0.3) is 11.0 Å². The standard InChI is InChI=1S/C17H16FN3O2/c1-11(17-20-14-7-2-3-8-15(14)21-17)19-16(22)10-23-13-6-4-5-12(18)9-13/h2-9,11H,10H2,1H3,(H,19,22)(H,20,21)/t11-/m0/s1. The Morgan fingerprint density at radius 3 is 2.91 bits per heavy atom. The van der Waals surface area contributed by atoms with Crippen molar-refractivity contribution in [2.24, 2.45) is 0 Å². The van der Waals surface area contributed by atoms with E-state index in [9.17, 15) is 9.18 Å². The van der Waals surface area contributed by atoms with E-state index in [0.717, 1.165) is 11.0 Å². The molecule has 1 amide bonds. The number of amides is 1. The molecule has 5 nitrogen and oxygen atoms in total. The molecule has 0 saturated carbocycles. The zero-order chi connectivity index (χ0) is 16.2. The van der Waals surface area contributed by atoms with Gasteiger partial charge < -0.3 is 15.0 Å². The molecule has 3 aromatic rings. The van der Waals surface area contributed by atoms with Gasteiger partial charge in [0.25, 0.3) is 5.91 Å². The minimum atomic E-state index is -0.404. The first-order valence-electron chi connectivity index (χ1n) is 7.24. The topological polar surface area (TPSA) is 67.0 Å². The van der Waals surface area contributed by atoms with Gasteiger partial charge in [0.15, 0.2) is 6.61 Å². The van der Waals surface area contributed by atoms with Gasteiger partial charge in [-0.2, -0.15) is 0 Å². The zero-order valence-electron chi connectivity index (χ0n) is 12.5. The van der Waals surface area contributed by atoms with Crippen molar-refractivity contribution in [3.05, 3.63) is 60.2 Å². The fraction of sp³-hybridized carbons (Fsp3) is 0.176. The molecule has 3 rings (SSSR count). The Morgan fingerprint density at radius 2 is 2.13 bits per heavy atom. The van der Waals surface area contributed by atoms with Gasteiger partial charge in [0.1, 0.15) is 17.4 Å². The maximum Gasteiger partial charge on any atom is 0.258 e. The molecule has 0 aliphatic heterocycles. The lowest BCUT2D eigenvalue weighted by Crippen LogP contribution is -2.31. The Kier molecular flexibility index (Phi) is 4.23. The third-order valence-corrected chi connectivity index (χ3v) is 3.36. The highest BCUT2D eigenvalue weighted by Crippen LogP contribution is 2.15. The maximum atomic E-state index is 13.0. The first kappa shape index (κ1) is 15.0. The average molecular weight is 313 g/mol. The number of para-hydroxylation sites is 2. The highest BCUT2D eigenvalue weighted by atomic mass is 19.1. The Hall–Kier alpha value is -2.89. The van der Waals surface area contributed by atoms with Crippen molar-refractivity contribution < 1.29 is 13.9 Å². The van der Waals surface area contributed by atoms with Crippen LogP contribution in [0.4, 0.5) is 4.39 Å². The third-order valence-electron chi connectivity index (χ3n) is 3.36. The minimum absolute atomic E-state index is 0.186. The number of halogens is 1. The highest BCUT2D eigenvalue weighted by Gasteiger charge is 2.14. The van der Waals surface area contributed by atoms with E-state index in [1.807, 2.05) is 31.2 Å². The summed E-state index contributed by atoms with van der Waals surface area (Å²) in [4.78, 5) is 19.5. The van der Waals surface area contributed by atoms with Gasteiger partial charge in [-0.3, -0.25) is 4.79 Å². The monoisotopic (exact) mass is 313 g/mol. The van der Waals surface area contributed by atoms with Crippen LogP contribution in [-0.4, -0.2) is 22.5 Å². The largest absolute Gasteiger partial charge is 0.484 e. The summed E-state index contributed by atoms with van der Waals surface area (Å²) < 4.78 is 18.3. The molecule has 0 fully saturated rings. The zero-order valence-corrected chi connectivity index (χ0v) is 12.5. The fourth-order valence-electron chi connectivity index (χ4n) is 2.23. The Labute approximate surface area is 132 Å². The van der Waals surface area contributed by atoms with Gasteiger partial charge in [-0.15, -0.1) is 0 Å². The number of fused-ring (bicyclic) bond motifs is 1. The lowest BCUT2D eigenvalue weighted by molar-refractivity contribution is -0.123. The molecule has 0 aliphatic carbocycles. The van der Waals surface area contributed by atoms with E-state index >= 15 is 0 Å². The van der Waals surface area contributed by atoms with Crippen molar-refractivity contribution in [2.75, 3.05) is 6.61 Å². The van der Waals surface area contributed by atoms with E-state index in [1.54, 1.807) is 6.07 Å². The second kappa shape index (κ2) is 6.48. The number of aromatic nitrogens is 2. The molecule has 1 heterocycles. The van der Waals surface area contributed by atoms with Crippen LogP contribution in [0.3, 0.4) is 0 Å². The van der Waals surface area contributed by atoms with Crippen LogP contribution in [0.1, 0.15) is 18.8 Å². The molecule has 0 radical (unpaired) electrons. The van der Waals surface area contributed by atoms with Gasteiger partial charge in [-0.25, -0.2) is 9.37 Å². The third kappa shape index (κ3) is 3.66. The van der Waals surface area contributed by atoms with Crippen LogP contribution in [0.2, 0.25) is 0 Å². The summed E-state index contributed by atoms with van der Waals surface area (Å²) in [6.07, 6.45) is 0. The number of hydrogen-bond donors (Lipinski definition) is 2. The van der Waals surface area contributed by atoms with Crippen LogP contribution in [0.15, 0.2) is 48.5 Å². The Bertz CT molecular complexity index is 798. The van der Waals surface area contributed by atoms with Gasteiger partial charge in [-0.05, 0) is 31.2 Å². The first-order chi connectivity index (χ1) is 11.1. The average Bonchev–Trinajstić information content (AvgIpc) is 2.97. The SMILES string of the molecule is C[C@H](NC(=O)COc1cccc(F)c1)c1nc2ccccc2[nH]1. The molecule has 0 bridgehead atoms. The number of nitrogens with one attached hydrogen (secondary N) is 2. The van der Waals surface area contributed by atoms with E-state index in [0.29, 0.717) is 11.6 Å². The second-order valence-electron chi connectivity index (χ2n) is 5.17. The number of imidazole rings is 1. The van der Waals surface area contributed by atoms with Crippen molar-refractivity contribution in [2.45, 2.75) is 13.0 Å². The van der Waals surface area contributed by atoms with Gasteiger partial charge >= 0.3 is 0 Å². The van der Waals surface area contributed by atoms with Crippen molar-refractivity contribution in [1.82, 2.24) is 15.3 Å². The summed E-state index contributed by atoms with van der Waals surface area (Å²) >= 11 is 0. The smallest absolute Gasteiger partial charge is 0.258 e. The number of ether oxygens (including phenoxy) is 1. The summed E-state index contributed by atoms with van der Waals surface area (Å²) in [5.74, 6) is 0.280. The van der Waals surface area contributed by atoms with Crippen molar-refractivity contribution in [1.29, 1.82) is 0 Å². The number of H-pyrrole nitrogens is 1. The minimum Gasteiger partial charge on any atom is -0.484 e. The number of benzene rings is 2. The summed E-state index contributed by atoms with van der Waals surface area (Å²) in [7, 11) is 0. The number of hydrogen-bond acceptors (Lipinski definition) is 3. The van der Waals surface area contributed by atoms with Crippen molar-refractivity contribution in [3.8, 4) is 5.75 Å². The molecule has 2 aromatic carbocycles. The van der Waals surface area contributed by atoms with Gasteiger partial charge in [0.2, 0.25) is 0 Å². The predicted octanol–water partition coefficient (Wildman–Crippen LogP) is 2.96. The lowest BCUT2D eigenvalue weighted by Gasteiger charge is -2.12. The van der Waals surface area contributed by atoms with Crippen molar-refractivity contribution in [3.63, 3.8) is 0 Å². The van der Waals surface area contributed by atoms with Crippen LogP contribution in [0.5, 0.6) is 5.75 Å². The number of aromatic amines is 1. The molecule has 6 heteroatoms. The highest BCUT2D eigenvalue weighted by molar-refractivity contribution is 5.78. The summed E-state index contributed by atoms with van der Waals surface area (Å²) in [6.45, 7) is 1.64. The molecule has 0 aliphatic rings. The van der Waals surface area contributed by atoms with E-state index < -0.39 is 5.82 Å². The number of carbonyl (C=O) groups excluding carboxylic acids is 1. The van der Waals surface area contributed by atoms with Crippen LogP contribution < -0.4 is 10.1 Å². The normalized spacial score (nSPS) is 12.1. The molecule has 2 N–H and O–H groups in total. The molecular formula is C17H16FN3O2. The Balaban J connectivity index is 1.58.